The van der Waals surface area contributed by atoms with E-state index in [-0.39, 0.29) is 36.7 Å². The lowest BCUT2D eigenvalue weighted by Crippen LogP contribution is -2.47. The van der Waals surface area contributed by atoms with Crippen molar-refractivity contribution < 1.29 is 22.7 Å². The molecular formula is C21H33Cl2F3N2O2. The van der Waals surface area contributed by atoms with Gasteiger partial charge >= 0.3 is 12.1 Å². The van der Waals surface area contributed by atoms with E-state index >= 15 is 0 Å². The summed E-state index contributed by atoms with van der Waals surface area (Å²) in [5.74, 6) is -0.112. The molecule has 0 unspecified atom stereocenters. The van der Waals surface area contributed by atoms with Gasteiger partial charge in [0, 0.05) is 38.4 Å². The second-order valence-corrected chi connectivity index (χ2v) is 7.32. The molecule has 4 nitrogen and oxygen atoms in total. The van der Waals surface area contributed by atoms with Crippen molar-refractivity contribution >= 4 is 36.5 Å². The van der Waals surface area contributed by atoms with Crippen LogP contribution in [0.2, 0.25) is 0 Å². The lowest BCUT2D eigenvalue weighted by atomic mass is 9.99. The van der Waals surface area contributed by atoms with Gasteiger partial charge < -0.3 is 9.64 Å². The van der Waals surface area contributed by atoms with Crippen molar-refractivity contribution in [1.82, 2.24) is 4.90 Å². The zero-order chi connectivity index (χ0) is 20.6. The topological polar surface area (TPSA) is 32.8 Å². The molecule has 174 valence electrons. The van der Waals surface area contributed by atoms with Crippen LogP contribution >= 0.6 is 24.8 Å². The molecule has 0 spiro atoms. The summed E-state index contributed by atoms with van der Waals surface area (Å²) in [4.78, 5) is 16.3. The molecule has 0 bridgehead atoms. The number of carbonyl (C=O) groups excluding carboxylic acids is 1. The van der Waals surface area contributed by atoms with Crippen LogP contribution in [-0.4, -0.2) is 50.2 Å². The maximum atomic E-state index is 12.9. The summed E-state index contributed by atoms with van der Waals surface area (Å²) in [6.07, 6.45) is -0.658. The first kappa shape index (κ1) is 28.8. The minimum Gasteiger partial charge on any atom is -0.464 e. The fourth-order valence-corrected chi connectivity index (χ4v) is 3.58. The SMILES string of the molecule is CCCC(CCC)C(=O)OCCN1CCN(c2cccc(C(F)(F)F)c2)CC1.Cl.Cl. The van der Waals surface area contributed by atoms with E-state index in [1.54, 1.807) is 6.07 Å². The highest BCUT2D eigenvalue weighted by molar-refractivity contribution is 5.85. The molecule has 0 amide bonds. The van der Waals surface area contributed by atoms with Crippen LogP contribution in [0.15, 0.2) is 24.3 Å². The predicted octanol–water partition coefficient (Wildman–Crippen LogP) is 5.43. The summed E-state index contributed by atoms with van der Waals surface area (Å²) < 4.78 is 44.1. The van der Waals surface area contributed by atoms with Crippen LogP contribution < -0.4 is 4.90 Å². The molecule has 1 heterocycles. The Labute approximate surface area is 189 Å². The lowest BCUT2D eigenvalue weighted by Gasteiger charge is -2.36. The van der Waals surface area contributed by atoms with Gasteiger partial charge in [0.2, 0.25) is 0 Å². The molecule has 0 atom stereocenters. The molecule has 1 saturated heterocycles. The molecule has 9 heteroatoms. The van der Waals surface area contributed by atoms with Crippen molar-refractivity contribution in [3.63, 3.8) is 0 Å². The first-order chi connectivity index (χ1) is 13.3. The van der Waals surface area contributed by atoms with Gasteiger partial charge in [0.1, 0.15) is 6.61 Å². The minimum absolute atomic E-state index is 0. The molecular weight excluding hydrogens is 440 g/mol. The fraction of sp³-hybridized carbons (Fsp3) is 0.667. The normalized spacial score (nSPS) is 14.8. The number of esters is 1. The van der Waals surface area contributed by atoms with E-state index in [0.29, 0.717) is 31.9 Å². The van der Waals surface area contributed by atoms with E-state index < -0.39 is 11.7 Å². The van der Waals surface area contributed by atoms with Gasteiger partial charge in [0.25, 0.3) is 0 Å². The van der Waals surface area contributed by atoms with Crippen molar-refractivity contribution in [1.29, 1.82) is 0 Å². The zero-order valence-electron chi connectivity index (χ0n) is 17.6. The third kappa shape index (κ3) is 8.90. The number of alkyl halides is 3. The minimum atomic E-state index is -4.32. The van der Waals surface area contributed by atoms with Crippen molar-refractivity contribution in [2.24, 2.45) is 5.92 Å². The summed E-state index contributed by atoms with van der Waals surface area (Å²) in [7, 11) is 0. The molecule has 30 heavy (non-hydrogen) atoms. The molecule has 0 aliphatic carbocycles. The third-order valence-electron chi connectivity index (χ3n) is 5.17. The molecule has 1 aliphatic heterocycles. The van der Waals surface area contributed by atoms with Gasteiger partial charge in [-0.2, -0.15) is 13.2 Å². The molecule has 1 aromatic rings. The Morgan fingerprint density at radius 2 is 1.67 bits per heavy atom. The van der Waals surface area contributed by atoms with Gasteiger partial charge in [0.15, 0.2) is 0 Å². The maximum Gasteiger partial charge on any atom is 0.416 e. The van der Waals surface area contributed by atoms with Crippen LogP contribution in [0, 0.1) is 5.92 Å². The maximum absolute atomic E-state index is 12.9. The summed E-state index contributed by atoms with van der Waals surface area (Å²) >= 11 is 0. The lowest BCUT2D eigenvalue weighted by molar-refractivity contribution is -0.149. The number of ether oxygens (including phenoxy) is 1. The van der Waals surface area contributed by atoms with Gasteiger partial charge in [-0.1, -0.05) is 32.8 Å². The van der Waals surface area contributed by atoms with Crippen LogP contribution in [0.4, 0.5) is 18.9 Å². The van der Waals surface area contributed by atoms with Crippen molar-refractivity contribution in [2.75, 3.05) is 44.2 Å². The number of benzene rings is 1. The molecule has 1 aromatic carbocycles. The van der Waals surface area contributed by atoms with E-state index in [9.17, 15) is 18.0 Å². The van der Waals surface area contributed by atoms with Gasteiger partial charge in [-0.05, 0) is 31.0 Å². The third-order valence-corrected chi connectivity index (χ3v) is 5.17. The summed E-state index contributed by atoms with van der Waals surface area (Å²) in [6, 6.07) is 5.47. The number of hydrogen-bond acceptors (Lipinski definition) is 4. The Morgan fingerprint density at radius 3 is 2.20 bits per heavy atom. The second kappa shape index (κ2) is 14.0. The second-order valence-electron chi connectivity index (χ2n) is 7.32. The number of rotatable bonds is 9. The molecule has 0 radical (unpaired) electrons. The van der Waals surface area contributed by atoms with Crippen LogP contribution in [-0.2, 0) is 15.7 Å². The first-order valence-corrected chi connectivity index (χ1v) is 10.2. The van der Waals surface area contributed by atoms with E-state index in [1.807, 2.05) is 4.90 Å². The van der Waals surface area contributed by atoms with Crippen LogP contribution in [0.25, 0.3) is 0 Å². The molecule has 0 saturated carbocycles. The van der Waals surface area contributed by atoms with E-state index in [2.05, 4.69) is 18.7 Å². The Kier molecular flexibility index (Phi) is 13.4. The quantitative estimate of drug-likeness (QED) is 0.448. The summed E-state index contributed by atoms with van der Waals surface area (Å²) in [6.45, 7) is 7.95. The number of halogens is 5. The van der Waals surface area contributed by atoms with Crippen molar-refractivity contribution in [3.05, 3.63) is 29.8 Å². The Balaban J connectivity index is 0.00000420. The Hall–Kier alpha value is -1.18. The monoisotopic (exact) mass is 472 g/mol. The van der Waals surface area contributed by atoms with Crippen LogP contribution in [0.5, 0.6) is 0 Å². The van der Waals surface area contributed by atoms with Crippen LogP contribution in [0.3, 0.4) is 0 Å². The first-order valence-electron chi connectivity index (χ1n) is 10.2. The summed E-state index contributed by atoms with van der Waals surface area (Å²) in [5.41, 5.74) is -0.0177. The number of piperazine rings is 1. The van der Waals surface area contributed by atoms with E-state index in [1.165, 1.54) is 12.1 Å². The van der Waals surface area contributed by atoms with Crippen LogP contribution in [0.1, 0.15) is 45.1 Å². The average molecular weight is 473 g/mol. The highest BCUT2D eigenvalue weighted by Gasteiger charge is 2.31. The Bertz CT molecular complexity index is 619. The van der Waals surface area contributed by atoms with Crippen molar-refractivity contribution in [2.45, 2.75) is 45.7 Å². The molecule has 1 fully saturated rings. The number of anilines is 1. The molecule has 2 rings (SSSR count). The number of nitrogens with zero attached hydrogens (tertiary/aromatic N) is 2. The highest BCUT2D eigenvalue weighted by Crippen LogP contribution is 2.31. The smallest absolute Gasteiger partial charge is 0.416 e. The summed E-state index contributed by atoms with van der Waals surface area (Å²) in [5, 5.41) is 0. The van der Waals surface area contributed by atoms with Gasteiger partial charge in [-0.15, -0.1) is 24.8 Å². The van der Waals surface area contributed by atoms with Crippen molar-refractivity contribution in [3.8, 4) is 0 Å². The van der Waals surface area contributed by atoms with E-state index in [4.69, 9.17) is 4.74 Å². The zero-order valence-corrected chi connectivity index (χ0v) is 19.3. The molecule has 0 N–H and O–H groups in total. The average Bonchev–Trinajstić information content (AvgIpc) is 2.68. The van der Waals surface area contributed by atoms with E-state index in [0.717, 1.165) is 44.8 Å². The number of hydrogen-bond donors (Lipinski definition) is 0. The molecule has 1 aliphatic rings. The molecule has 0 aromatic heterocycles. The fourth-order valence-electron chi connectivity index (χ4n) is 3.58. The van der Waals surface area contributed by atoms with Gasteiger partial charge in [-0.3, -0.25) is 9.69 Å². The van der Waals surface area contributed by atoms with Gasteiger partial charge in [0.05, 0.1) is 11.5 Å². The van der Waals surface area contributed by atoms with Gasteiger partial charge in [-0.25, -0.2) is 0 Å². The standard InChI is InChI=1S/C21H31F3N2O2.2ClH/c1-3-6-17(7-4-2)20(27)28-15-14-25-10-12-26(13-11-25)19-9-5-8-18(16-19)21(22,23)24;;/h5,8-9,16-17H,3-4,6-7,10-15H2,1-2H3;2*1H. The predicted molar refractivity (Wildman–Crippen MR) is 119 cm³/mol. The Morgan fingerprint density at radius 1 is 1.07 bits per heavy atom. The number of carbonyl (C=O) groups is 1. The highest BCUT2D eigenvalue weighted by atomic mass is 35.5. The largest absolute Gasteiger partial charge is 0.464 e.